The van der Waals surface area contributed by atoms with Crippen LogP contribution in [0.25, 0.3) is 0 Å². The molecule has 0 N–H and O–H groups in total. The molecule has 0 amide bonds. The van der Waals surface area contributed by atoms with Crippen molar-refractivity contribution < 1.29 is 0 Å². The molecule has 0 saturated heterocycles. The molecule has 0 aliphatic rings. The highest BCUT2D eigenvalue weighted by molar-refractivity contribution is 5.84. The first-order chi connectivity index (χ1) is 6.56. The van der Waals surface area contributed by atoms with E-state index in [0.29, 0.717) is 0 Å². The molecule has 0 aromatic carbocycles. The molecular formula is C13H27N. The second kappa shape index (κ2) is 8.02. The highest BCUT2D eigenvalue weighted by Crippen LogP contribution is 2.07. The number of hydrogen-bond acceptors (Lipinski definition) is 1. The van der Waals surface area contributed by atoms with E-state index in [1.54, 1.807) is 0 Å². The van der Waals surface area contributed by atoms with Gasteiger partial charge in [0, 0.05) is 12.3 Å². The fraction of sp³-hybridized carbons (Fsp3) is 0.923. The van der Waals surface area contributed by atoms with Crippen molar-refractivity contribution in [1.82, 2.24) is 0 Å². The van der Waals surface area contributed by atoms with Gasteiger partial charge >= 0.3 is 0 Å². The standard InChI is InChI=1S/C13H27N/c1-6-13(10-12(4)5)14-9-7-8-11(2)3/h11-12H,6-10H2,1-5H3. The van der Waals surface area contributed by atoms with E-state index in [4.69, 9.17) is 0 Å². The minimum absolute atomic E-state index is 0.749. The van der Waals surface area contributed by atoms with Gasteiger partial charge in [0.25, 0.3) is 0 Å². The van der Waals surface area contributed by atoms with Crippen LogP contribution in [-0.4, -0.2) is 12.3 Å². The second-order valence-electron chi connectivity index (χ2n) is 4.94. The minimum Gasteiger partial charge on any atom is -0.294 e. The van der Waals surface area contributed by atoms with Gasteiger partial charge in [0.1, 0.15) is 0 Å². The van der Waals surface area contributed by atoms with Gasteiger partial charge in [-0.25, -0.2) is 0 Å². The lowest BCUT2D eigenvalue weighted by molar-refractivity contribution is 0.560. The zero-order valence-corrected chi connectivity index (χ0v) is 10.6. The second-order valence-corrected chi connectivity index (χ2v) is 4.94. The molecule has 0 aliphatic carbocycles. The van der Waals surface area contributed by atoms with E-state index in [9.17, 15) is 0 Å². The Morgan fingerprint density at radius 3 is 2.14 bits per heavy atom. The Bertz CT molecular complexity index is 157. The SMILES string of the molecule is CCC(CC(C)C)=NCCCC(C)C. The van der Waals surface area contributed by atoms with E-state index in [1.807, 2.05) is 0 Å². The summed E-state index contributed by atoms with van der Waals surface area (Å²) in [6.07, 6.45) is 4.86. The molecule has 1 heteroatoms. The van der Waals surface area contributed by atoms with Crippen molar-refractivity contribution in [3.63, 3.8) is 0 Å². The highest BCUT2D eigenvalue weighted by atomic mass is 14.7. The largest absolute Gasteiger partial charge is 0.294 e. The molecule has 0 aromatic heterocycles. The molecule has 0 atom stereocenters. The fourth-order valence-corrected chi connectivity index (χ4v) is 1.53. The topological polar surface area (TPSA) is 12.4 Å². The molecule has 0 radical (unpaired) electrons. The lowest BCUT2D eigenvalue weighted by atomic mass is 10.0. The monoisotopic (exact) mass is 197 g/mol. The summed E-state index contributed by atoms with van der Waals surface area (Å²) in [6, 6.07) is 0. The van der Waals surface area contributed by atoms with Gasteiger partial charge in [-0.2, -0.15) is 0 Å². The van der Waals surface area contributed by atoms with Crippen molar-refractivity contribution in [3.05, 3.63) is 0 Å². The Kier molecular flexibility index (Phi) is 7.83. The first-order valence-corrected chi connectivity index (χ1v) is 6.08. The van der Waals surface area contributed by atoms with Crippen LogP contribution in [0.2, 0.25) is 0 Å². The molecule has 0 spiro atoms. The van der Waals surface area contributed by atoms with Crippen molar-refractivity contribution in [2.75, 3.05) is 6.54 Å². The van der Waals surface area contributed by atoms with Crippen LogP contribution < -0.4 is 0 Å². The van der Waals surface area contributed by atoms with Gasteiger partial charge in [0.05, 0.1) is 0 Å². The van der Waals surface area contributed by atoms with Crippen LogP contribution in [0.15, 0.2) is 4.99 Å². The Morgan fingerprint density at radius 1 is 1.07 bits per heavy atom. The van der Waals surface area contributed by atoms with Gasteiger partial charge in [0.2, 0.25) is 0 Å². The van der Waals surface area contributed by atoms with Gasteiger partial charge in [-0.3, -0.25) is 4.99 Å². The summed E-state index contributed by atoms with van der Waals surface area (Å²) in [4.78, 5) is 4.67. The van der Waals surface area contributed by atoms with E-state index < -0.39 is 0 Å². The molecule has 84 valence electrons. The summed E-state index contributed by atoms with van der Waals surface area (Å²) in [7, 11) is 0. The molecular weight excluding hydrogens is 170 g/mol. The zero-order chi connectivity index (χ0) is 11.0. The van der Waals surface area contributed by atoms with Gasteiger partial charge < -0.3 is 0 Å². The average molecular weight is 197 g/mol. The molecule has 0 bridgehead atoms. The maximum absolute atomic E-state index is 4.67. The van der Waals surface area contributed by atoms with Crippen LogP contribution in [-0.2, 0) is 0 Å². The van der Waals surface area contributed by atoms with Crippen LogP contribution in [0, 0.1) is 11.8 Å². The Balaban J connectivity index is 3.70. The molecule has 0 rings (SSSR count). The molecule has 0 saturated carbocycles. The number of hydrogen-bond donors (Lipinski definition) is 0. The molecule has 1 nitrogen and oxygen atoms in total. The van der Waals surface area contributed by atoms with E-state index in [0.717, 1.165) is 24.8 Å². The first kappa shape index (κ1) is 13.7. The zero-order valence-electron chi connectivity index (χ0n) is 10.6. The molecule has 0 heterocycles. The molecule has 0 fully saturated rings. The van der Waals surface area contributed by atoms with Crippen LogP contribution in [0.5, 0.6) is 0 Å². The van der Waals surface area contributed by atoms with Crippen molar-refractivity contribution in [1.29, 1.82) is 0 Å². The summed E-state index contributed by atoms with van der Waals surface area (Å²) in [5.41, 5.74) is 1.41. The van der Waals surface area contributed by atoms with E-state index >= 15 is 0 Å². The van der Waals surface area contributed by atoms with Crippen LogP contribution >= 0.6 is 0 Å². The number of aliphatic imine (C=N–C) groups is 1. The Hall–Kier alpha value is -0.330. The Morgan fingerprint density at radius 2 is 1.71 bits per heavy atom. The quantitative estimate of drug-likeness (QED) is 0.426. The van der Waals surface area contributed by atoms with Crippen LogP contribution in [0.4, 0.5) is 0 Å². The number of rotatable bonds is 7. The molecule has 0 aliphatic heterocycles. The van der Waals surface area contributed by atoms with Gasteiger partial charge in [0.15, 0.2) is 0 Å². The van der Waals surface area contributed by atoms with E-state index in [1.165, 1.54) is 25.0 Å². The molecule has 0 aromatic rings. The fourth-order valence-electron chi connectivity index (χ4n) is 1.53. The summed E-state index contributed by atoms with van der Waals surface area (Å²) in [6.45, 7) is 12.3. The average Bonchev–Trinajstić information content (AvgIpc) is 2.09. The van der Waals surface area contributed by atoms with Crippen molar-refractivity contribution >= 4 is 5.71 Å². The summed E-state index contributed by atoms with van der Waals surface area (Å²) in [5, 5.41) is 0. The van der Waals surface area contributed by atoms with Crippen molar-refractivity contribution in [2.24, 2.45) is 16.8 Å². The third-order valence-corrected chi connectivity index (χ3v) is 2.33. The Labute approximate surface area is 90.0 Å². The van der Waals surface area contributed by atoms with Crippen LogP contribution in [0.1, 0.15) is 60.3 Å². The summed E-state index contributed by atoms with van der Waals surface area (Å²) < 4.78 is 0. The lowest BCUT2D eigenvalue weighted by Crippen LogP contribution is -2.03. The van der Waals surface area contributed by atoms with E-state index in [-0.39, 0.29) is 0 Å². The predicted octanol–water partition coefficient (Wildman–Crippen LogP) is 4.32. The van der Waals surface area contributed by atoms with Crippen molar-refractivity contribution in [2.45, 2.75) is 60.3 Å². The van der Waals surface area contributed by atoms with Crippen LogP contribution in [0.3, 0.4) is 0 Å². The maximum Gasteiger partial charge on any atom is 0.0388 e. The normalized spacial score (nSPS) is 12.9. The third kappa shape index (κ3) is 8.28. The third-order valence-electron chi connectivity index (χ3n) is 2.33. The van der Waals surface area contributed by atoms with Gasteiger partial charge in [-0.15, -0.1) is 0 Å². The maximum atomic E-state index is 4.67. The molecule has 0 unspecified atom stereocenters. The highest BCUT2D eigenvalue weighted by Gasteiger charge is 2.00. The summed E-state index contributed by atoms with van der Waals surface area (Å²) in [5.74, 6) is 1.57. The first-order valence-electron chi connectivity index (χ1n) is 6.08. The lowest BCUT2D eigenvalue weighted by Gasteiger charge is -2.07. The van der Waals surface area contributed by atoms with Crippen molar-refractivity contribution in [3.8, 4) is 0 Å². The van der Waals surface area contributed by atoms with Gasteiger partial charge in [-0.1, -0.05) is 34.6 Å². The van der Waals surface area contributed by atoms with Gasteiger partial charge in [-0.05, 0) is 37.5 Å². The smallest absolute Gasteiger partial charge is 0.0388 e. The number of nitrogens with zero attached hydrogens (tertiary/aromatic N) is 1. The van der Waals surface area contributed by atoms with E-state index in [2.05, 4.69) is 39.6 Å². The molecule has 14 heavy (non-hydrogen) atoms. The minimum atomic E-state index is 0.749. The predicted molar refractivity (Wildman–Crippen MR) is 66.1 cm³/mol. The summed E-state index contributed by atoms with van der Waals surface area (Å²) >= 11 is 0.